The minimum absolute atomic E-state index is 0.0258. The summed E-state index contributed by atoms with van der Waals surface area (Å²) >= 11 is 8.19. The molecule has 2 aromatic carbocycles. The van der Waals surface area contributed by atoms with E-state index in [2.05, 4.69) is 33.4 Å². The maximum atomic E-state index is 17.7. The Kier molecular flexibility index (Phi) is 8.97. The molecule has 4 N–H and O–H groups in total. The van der Waals surface area contributed by atoms with Crippen LogP contribution in [0.2, 0.25) is 5.02 Å². The number of carbonyl (C=O) groups is 1. The first kappa shape index (κ1) is 37.2. The fourth-order valence-electron chi connectivity index (χ4n) is 10.3. The normalized spacial score (nSPS) is 30.7. The van der Waals surface area contributed by atoms with E-state index < -0.39 is 23.3 Å². The second-order valence-electron chi connectivity index (χ2n) is 16.9. The number of alkyl halides is 1. The number of anilines is 2. The number of hydrogen-bond donors (Lipinski definition) is 3. The van der Waals surface area contributed by atoms with Crippen LogP contribution >= 0.6 is 22.9 Å². The Morgan fingerprint density at radius 3 is 2.84 bits per heavy atom. The number of nitrogens with one attached hydrogen (secondary N) is 2. The molecule has 1 saturated carbocycles. The number of ether oxygens (including phenoxy) is 2. The number of amides is 1. The first-order valence-electron chi connectivity index (χ1n) is 20.2. The SMILES string of the molecule is CCC1C[C@H]2C(C)C(NC(=O)C3NC3C3CC3)CCN2c2nc(OC[C@@]34CCCN3C[C@H](F)C4)nc3c(F)c(-c4ccc(F)c5sc(N)c(C#N)c45)c(Cl)c(c23)O1. The Morgan fingerprint density at radius 2 is 2.07 bits per heavy atom. The molecule has 300 valence electrons. The zero-order valence-corrected chi connectivity index (χ0v) is 33.3. The lowest BCUT2D eigenvalue weighted by atomic mass is 9.82. The van der Waals surface area contributed by atoms with Crippen molar-refractivity contribution in [1.29, 1.82) is 5.26 Å². The summed E-state index contributed by atoms with van der Waals surface area (Å²) in [5, 5.41) is 17.3. The van der Waals surface area contributed by atoms with Crippen molar-refractivity contribution in [3.63, 3.8) is 0 Å². The summed E-state index contributed by atoms with van der Waals surface area (Å²) in [6.07, 6.45) is 4.77. The average molecular weight is 821 g/mol. The molecule has 5 unspecified atom stereocenters. The van der Waals surface area contributed by atoms with Crippen molar-refractivity contribution in [2.24, 2.45) is 11.8 Å². The Bertz CT molecular complexity index is 2370. The van der Waals surface area contributed by atoms with Crippen LogP contribution in [0.15, 0.2) is 12.1 Å². The van der Waals surface area contributed by atoms with E-state index in [0.29, 0.717) is 50.5 Å². The van der Waals surface area contributed by atoms with Gasteiger partial charge in [-0.2, -0.15) is 15.2 Å². The molecule has 4 saturated heterocycles. The molecule has 0 bridgehead atoms. The number of nitrogens with two attached hydrogens (primary N) is 1. The van der Waals surface area contributed by atoms with Gasteiger partial charge in [0.25, 0.3) is 0 Å². The van der Waals surface area contributed by atoms with Crippen LogP contribution in [-0.4, -0.2) is 89.0 Å². The van der Waals surface area contributed by atoms with Gasteiger partial charge in [0.2, 0.25) is 5.91 Å². The Labute approximate surface area is 337 Å². The van der Waals surface area contributed by atoms with Crippen molar-refractivity contribution in [1.82, 2.24) is 25.5 Å². The summed E-state index contributed by atoms with van der Waals surface area (Å²) in [4.78, 5) is 27.4. The number of rotatable bonds is 8. The van der Waals surface area contributed by atoms with Gasteiger partial charge in [0.15, 0.2) is 11.6 Å². The van der Waals surface area contributed by atoms with E-state index in [0.717, 1.165) is 43.6 Å². The highest BCUT2D eigenvalue weighted by Gasteiger charge is 2.52. The predicted octanol–water partition coefficient (Wildman–Crippen LogP) is 6.86. The van der Waals surface area contributed by atoms with Gasteiger partial charge in [0, 0.05) is 55.0 Å². The Balaban J connectivity index is 1.12. The molecule has 7 heterocycles. The van der Waals surface area contributed by atoms with Gasteiger partial charge in [-0.15, -0.1) is 11.3 Å². The largest absolute Gasteiger partial charge is 0.488 e. The predicted molar refractivity (Wildman–Crippen MR) is 213 cm³/mol. The summed E-state index contributed by atoms with van der Waals surface area (Å²) in [5.41, 5.74) is 5.66. The number of fused-ring (bicyclic) bond motifs is 4. The Hall–Kier alpha value is -4.10. The molecule has 2 aromatic heterocycles. The summed E-state index contributed by atoms with van der Waals surface area (Å²) in [5.74, 6) is -0.260. The molecule has 4 aromatic rings. The fourth-order valence-corrected chi connectivity index (χ4v) is 11.6. The molecule has 8 atom stereocenters. The standard InChI is InChI=1S/C41H44ClF3N8O3S/c1-3-21-13-26-18(2)25(48-39(54)34-32(49-34)19-5-6-19)9-12-53(26)38-29-33(50-40(51-38)55-17-41-10-4-11-52(41)16-20(43)14-41)31(45)28(30(42)35(29)56-21)22-7-8-24(44)36-27(22)23(15-46)37(47)57-36/h7-8,18-21,25-26,32,34,49H,3-6,9-14,16-17,47H2,1-2H3,(H,48,54)/t18?,20-,21?,25?,26+,32?,34?,41+/m1/s1. The number of hydrogen-bond acceptors (Lipinski definition) is 11. The minimum atomic E-state index is -0.968. The molecular weight excluding hydrogens is 777 g/mol. The van der Waals surface area contributed by atoms with Gasteiger partial charge < -0.3 is 25.4 Å². The molecule has 5 fully saturated rings. The molecule has 57 heavy (non-hydrogen) atoms. The van der Waals surface area contributed by atoms with Crippen LogP contribution in [0.3, 0.4) is 0 Å². The van der Waals surface area contributed by atoms with Crippen LogP contribution in [-0.2, 0) is 4.79 Å². The fraction of sp³-hybridized carbons (Fsp3) is 0.561. The van der Waals surface area contributed by atoms with Gasteiger partial charge in [-0.05, 0) is 68.5 Å². The second kappa shape index (κ2) is 13.7. The molecule has 1 amide bonds. The van der Waals surface area contributed by atoms with Crippen molar-refractivity contribution < 1.29 is 27.4 Å². The number of nitriles is 1. The third-order valence-corrected chi connectivity index (χ3v) is 15.0. The number of thiophene rings is 1. The average Bonchev–Trinajstić information content (AvgIpc) is 4.09. The summed E-state index contributed by atoms with van der Waals surface area (Å²) in [7, 11) is 0. The lowest BCUT2D eigenvalue weighted by molar-refractivity contribution is -0.122. The third kappa shape index (κ3) is 5.99. The van der Waals surface area contributed by atoms with Crippen molar-refractivity contribution in [2.75, 3.05) is 36.9 Å². The lowest BCUT2D eigenvalue weighted by Gasteiger charge is -2.47. The highest BCUT2D eigenvalue weighted by molar-refractivity contribution is 7.23. The number of aromatic nitrogens is 2. The first-order valence-corrected chi connectivity index (χ1v) is 21.3. The number of nitrogens with zero attached hydrogens (tertiary/aromatic N) is 5. The maximum Gasteiger partial charge on any atom is 0.319 e. The van der Waals surface area contributed by atoms with E-state index in [-0.39, 0.29) is 108 Å². The van der Waals surface area contributed by atoms with Crippen LogP contribution in [0.25, 0.3) is 32.1 Å². The van der Waals surface area contributed by atoms with Gasteiger partial charge in [-0.3, -0.25) is 15.0 Å². The van der Waals surface area contributed by atoms with Crippen LogP contribution in [0.1, 0.15) is 70.8 Å². The van der Waals surface area contributed by atoms with Gasteiger partial charge in [-0.25, -0.2) is 13.2 Å². The zero-order chi connectivity index (χ0) is 39.5. The van der Waals surface area contributed by atoms with Gasteiger partial charge in [0.1, 0.15) is 53.1 Å². The van der Waals surface area contributed by atoms with Crippen LogP contribution in [0, 0.1) is 34.8 Å². The molecule has 0 spiro atoms. The topological polar surface area (TPSA) is 152 Å². The maximum absolute atomic E-state index is 17.7. The number of carbonyl (C=O) groups excluding carboxylic acids is 1. The first-order chi connectivity index (χ1) is 27.5. The van der Waals surface area contributed by atoms with Crippen molar-refractivity contribution in [3.05, 3.63) is 34.4 Å². The van der Waals surface area contributed by atoms with Crippen LogP contribution in [0.4, 0.5) is 24.0 Å². The van der Waals surface area contributed by atoms with Crippen LogP contribution in [0.5, 0.6) is 11.8 Å². The zero-order valence-electron chi connectivity index (χ0n) is 31.7. The quantitative estimate of drug-likeness (QED) is 0.161. The number of benzene rings is 2. The van der Waals surface area contributed by atoms with Gasteiger partial charge >= 0.3 is 6.01 Å². The molecule has 1 aliphatic carbocycles. The van der Waals surface area contributed by atoms with Gasteiger partial charge in [0.05, 0.1) is 26.2 Å². The molecule has 0 radical (unpaired) electrons. The number of halogens is 4. The monoisotopic (exact) mass is 820 g/mol. The highest BCUT2D eigenvalue weighted by Crippen LogP contribution is 2.52. The third-order valence-electron chi connectivity index (χ3n) is 13.6. The van der Waals surface area contributed by atoms with Crippen molar-refractivity contribution >= 4 is 60.7 Å². The summed E-state index contributed by atoms with van der Waals surface area (Å²) in [6, 6.07) is 4.44. The molecule has 16 heteroatoms. The minimum Gasteiger partial charge on any atom is -0.488 e. The van der Waals surface area contributed by atoms with E-state index in [4.69, 9.17) is 36.8 Å². The van der Waals surface area contributed by atoms with E-state index in [1.165, 1.54) is 12.1 Å². The molecule has 11 nitrogen and oxygen atoms in total. The van der Waals surface area contributed by atoms with E-state index in [9.17, 15) is 14.4 Å². The van der Waals surface area contributed by atoms with Crippen molar-refractivity contribution in [3.8, 4) is 29.0 Å². The highest BCUT2D eigenvalue weighted by atomic mass is 35.5. The number of nitrogen functional groups attached to an aromatic ring is 1. The smallest absolute Gasteiger partial charge is 0.319 e. The van der Waals surface area contributed by atoms with E-state index in [1.54, 1.807) is 0 Å². The molecular formula is C41H44ClF3N8O3S. The van der Waals surface area contributed by atoms with E-state index in [1.807, 2.05) is 6.92 Å². The number of piperidine rings is 1. The Morgan fingerprint density at radius 1 is 1.25 bits per heavy atom. The van der Waals surface area contributed by atoms with Crippen molar-refractivity contribution in [2.45, 2.75) is 107 Å². The molecule has 5 aliphatic heterocycles. The molecule has 10 rings (SSSR count). The lowest BCUT2D eigenvalue weighted by Crippen LogP contribution is -2.58. The summed E-state index contributed by atoms with van der Waals surface area (Å²) < 4.78 is 61.0. The summed E-state index contributed by atoms with van der Waals surface area (Å²) in [6.45, 7) is 5.88. The second-order valence-corrected chi connectivity index (χ2v) is 18.3. The van der Waals surface area contributed by atoms with Crippen LogP contribution < -0.4 is 30.7 Å². The molecule has 6 aliphatic rings. The van der Waals surface area contributed by atoms with Gasteiger partial charge in [-0.1, -0.05) is 31.5 Å². The van der Waals surface area contributed by atoms with E-state index >= 15 is 8.78 Å².